The Balaban J connectivity index is 3.02. The Morgan fingerprint density at radius 2 is 1.81 bits per heavy atom. The molecule has 4 nitrogen and oxygen atoms in total. The minimum atomic E-state index is -3.40. The standard InChI is InChI=1S/C15H28N2O2S2/c1-10(2)13(6)17(7)21(18,19)15-8-12(5)14(20-15)9-16-11(3)4/h8,10-11,13,16H,9H2,1-7H3. The lowest BCUT2D eigenvalue weighted by Gasteiger charge is -2.26. The summed E-state index contributed by atoms with van der Waals surface area (Å²) in [6, 6.07) is 2.16. The number of nitrogens with zero attached hydrogens (tertiary/aromatic N) is 1. The Kier molecular flexibility index (Phi) is 6.40. The largest absolute Gasteiger partial charge is 0.310 e. The van der Waals surface area contributed by atoms with Crippen molar-refractivity contribution in [2.45, 2.75) is 64.4 Å². The molecule has 0 bridgehead atoms. The molecular formula is C15H28N2O2S2. The van der Waals surface area contributed by atoms with E-state index in [1.165, 1.54) is 15.6 Å². The predicted octanol–water partition coefficient (Wildman–Crippen LogP) is 3.22. The lowest BCUT2D eigenvalue weighted by molar-refractivity contribution is 0.316. The second kappa shape index (κ2) is 7.22. The van der Waals surface area contributed by atoms with Gasteiger partial charge >= 0.3 is 0 Å². The summed E-state index contributed by atoms with van der Waals surface area (Å²) in [4.78, 5) is 1.09. The van der Waals surface area contributed by atoms with Gasteiger partial charge in [-0.25, -0.2) is 8.42 Å². The van der Waals surface area contributed by atoms with Crippen LogP contribution in [0.15, 0.2) is 10.3 Å². The Morgan fingerprint density at radius 3 is 2.29 bits per heavy atom. The smallest absolute Gasteiger partial charge is 0.252 e. The minimum absolute atomic E-state index is 0.0188. The highest BCUT2D eigenvalue weighted by Crippen LogP contribution is 2.29. The van der Waals surface area contributed by atoms with Gasteiger partial charge in [0.1, 0.15) is 4.21 Å². The normalized spacial score (nSPS) is 14.4. The van der Waals surface area contributed by atoms with E-state index in [0.717, 1.165) is 10.4 Å². The first-order valence-corrected chi connectivity index (χ1v) is 9.63. The summed E-state index contributed by atoms with van der Waals surface area (Å²) in [6.45, 7) is 12.9. The molecule has 0 saturated heterocycles. The number of thiophene rings is 1. The molecule has 0 aliphatic heterocycles. The monoisotopic (exact) mass is 332 g/mol. The molecule has 0 spiro atoms. The maximum atomic E-state index is 12.7. The lowest BCUT2D eigenvalue weighted by Crippen LogP contribution is -2.37. The number of hydrogen-bond acceptors (Lipinski definition) is 4. The maximum Gasteiger partial charge on any atom is 0.252 e. The number of rotatable bonds is 7. The topological polar surface area (TPSA) is 49.4 Å². The van der Waals surface area contributed by atoms with E-state index >= 15 is 0 Å². The second-order valence-electron chi connectivity index (χ2n) is 6.21. The maximum absolute atomic E-state index is 12.7. The summed E-state index contributed by atoms with van der Waals surface area (Å²) in [5, 5.41) is 3.34. The molecule has 1 rings (SSSR count). The molecule has 1 heterocycles. The van der Waals surface area contributed by atoms with Crippen LogP contribution in [0.4, 0.5) is 0 Å². The van der Waals surface area contributed by atoms with Gasteiger partial charge in [0.15, 0.2) is 0 Å². The highest BCUT2D eigenvalue weighted by atomic mass is 32.2. The van der Waals surface area contributed by atoms with Gasteiger partial charge in [-0.1, -0.05) is 27.7 Å². The molecule has 1 aromatic rings. The van der Waals surface area contributed by atoms with E-state index in [9.17, 15) is 8.42 Å². The summed E-state index contributed by atoms with van der Waals surface area (Å²) >= 11 is 1.37. The average molecular weight is 333 g/mol. The van der Waals surface area contributed by atoms with Crippen LogP contribution < -0.4 is 5.32 Å². The van der Waals surface area contributed by atoms with Gasteiger partial charge < -0.3 is 5.32 Å². The van der Waals surface area contributed by atoms with Gasteiger partial charge in [-0.3, -0.25) is 0 Å². The molecule has 0 radical (unpaired) electrons. The van der Waals surface area contributed by atoms with Crippen LogP contribution in [-0.2, 0) is 16.6 Å². The first kappa shape index (κ1) is 18.6. The van der Waals surface area contributed by atoms with Crippen LogP contribution in [0.5, 0.6) is 0 Å². The zero-order chi connectivity index (χ0) is 16.4. The number of sulfonamides is 1. The molecule has 0 fully saturated rings. The fourth-order valence-corrected chi connectivity index (χ4v) is 5.09. The molecule has 6 heteroatoms. The molecule has 1 aromatic heterocycles. The van der Waals surface area contributed by atoms with Gasteiger partial charge in [0.2, 0.25) is 0 Å². The van der Waals surface area contributed by atoms with Crippen LogP contribution in [0.1, 0.15) is 45.1 Å². The zero-order valence-corrected chi connectivity index (χ0v) is 15.7. The average Bonchev–Trinajstić information content (AvgIpc) is 2.76. The van der Waals surface area contributed by atoms with Crippen LogP contribution in [0.25, 0.3) is 0 Å². The van der Waals surface area contributed by atoms with E-state index < -0.39 is 10.0 Å². The summed E-state index contributed by atoms with van der Waals surface area (Å²) in [6.07, 6.45) is 0. The molecule has 122 valence electrons. The quantitative estimate of drug-likeness (QED) is 0.834. The fourth-order valence-electron chi connectivity index (χ4n) is 1.87. The first-order chi connectivity index (χ1) is 9.57. The lowest BCUT2D eigenvalue weighted by atomic mass is 10.1. The van der Waals surface area contributed by atoms with Crippen molar-refractivity contribution < 1.29 is 8.42 Å². The minimum Gasteiger partial charge on any atom is -0.310 e. The number of hydrogen-bond donors (Lipinski definition) is 1. The van der Waals surface area contributed by atoms with Crippen molar-refractivity contribution in [2.24, 2.45) is 5.92 Å². The molecule has 1 atom stereocenters. The van der Waals surface area contributed by atoms with Crippen molar-refractivity contribution in [2.75, 3.05) is 7.05 Å². The Labute approximate surface area is 133 Å². The van der Waals surface area contributed by atoms with E-state index in [-0.39, 0.29) is 12.0 Å². The molecule has 0 saturated carbocycles. The van der Waals surface area contributed by atoms with Gasteiger partial charge in [-0.15, -0.1) is 11.3 Å². The Morgan fingerprint density at radius 1 is 1.24 bits per heavy atom. The van der Waals surface area contributed by atoms with Crippen LogP contribution >= 0.6 is 11.3 Å². The molecule has 1 N–H and O–H groups in total. The number of aryl methyl sites for hydroxylation is 1. The highest BCUT2D eigenvalue weighted by molar-refractivity contribution is 7.91. The molecular weight excluding hydrogens is 304 g/mol. The van der Waals surface area contributed by atoms with E-state index in [0.29, 0.717) is 16.8 Å². The number of nitrogens with one attached hydrogen (secondary N) is 1. The van der Waals surface area contributed by atoms with Crippen molar-refractivity contribution in [3.05, 3.63) is 16.5 Å². The van der Waals surface area contributed by atoms with Crippen LogP contribution in [0.2, 0.25) is 0 Å². The van der Waals surface area contributed by atoms with Crippen molar-refractivity contribution in [3.8, 4) is 0 Å². The van der Waals surface area contributed by atoms with Gasteiger partial charge in [0.25, 0.3) is 10.0 Å². The van der Waals surface area contributed by atoms with Gasteiger partial charge in [0.05, 0.1) is 0 Å². The molecule has 0 aliphatic rings. The molecule has 0 aliphatic carbocycles. The van der Waals surface area contributed by atoms with E-state index in [2.05, 4.69) is 19.2 Å². The molecule has 1 unspecified atom stereocenters. The van der Waals surface area contributed by atoms with E-state index in [1.54, 1.807) is 13.1 Å². The van der Waals surface area contributed by atoms with Crippen LogP contribution in [0.3, 0.4) is 0 Å². The van der Waals surface area contributed by atoms with Crippen molar-refractivity contribution in [1.82, 2.24) is 9.62 Å². The summed E-state index contributed by atoms with van der Waals surface area (Å²) < 4.78 is 27.3. The van der Waals surface area contributed by atoms with Gasteiger partial charge in [0, 0.05) is 30.6 Å². The van der Waals surface area contributed by atoms with E-state index in [4.69, 9.17) is 0 Å². The molecule has 0 aromatic carbocycles. The van der Waals surface area contributed by atoms with Crippen LogP contribution in [-0.4, -0.2) is 31.9 Å². The fraction of sp³-hybridized carbons (Fsp3) is 0.733. The third-order valence-electron chi connectivity index (χ3n) is 3.84. The SMILES string of the molecule is Cc1cc(S(=O)(=O)N(C)C(C)C(C)C)sc1CNC(C)C. The Hall–Kier alpha value is -0.430. The highest BCUT2D eigenvalue weighted by Gasteiger charge is 2.29. The predicted molar refractivity (Wildman–Crippen MR) is 90.3 cm³/mol. The third kappa shape index (κ3) is 4.52. The summed E-state index contributed by atoms with van der Waals surface area (Å²) in [5.41, 5.74) is 1.04. The summed E-state index contributed by atoms with van der Waals surface area (Å²) in [7, 11) is -1.73. The van der Waals surface area contributed by atoms with Crippen LogP contribution in [0, 0.1) is 12.8 Å². The summed E-state index contributed by atoms with van der Waals surface area (Å²) in [5.74, 6) is 0.285. The van der Waals surface area contributed by atoms with Gasteiger partial charge in [-0.2, -0.15) is 4.31 Å². The first-order valence-electron chi connectivity index (χ1n) is 7.38. The second-order valence-corrected chi connectivity index (χ2v) is 9.57. The van der Waals surface area contributed by atoms with Gasteiger partial charge in [-0.05, 0) is 31.4 Å². The van der Waals surface area contributed by atoms with Crippen molar-refractivity contribution >= 4 is 21.4 Å². The molecule has 21 heavy (non-hydrogen) atoms. The molecule has 0 amide bonds. The van der Waals surface area contributed by atoms with E-state index in [1.807, 2.05) is 27.7 Å². The zero-order valence-electron chi connectivity index (χ0n) is 14.1. The van der Waals surface area contributed by atoms with Crippen molar-refractivity contribution in [1.29, 1.82) is 0 Å². The third-order valence-corrected chi connectivity index (χ3v) is 7.47. The Bertz CT molecular complexity index is 562. The van der Waals surface area contributed by atoms with Crippen molar-refractivity contribution in [3.63, 3.8) is 0 Å².